The van der Waals surface area contributed by atoms with Gasteiger partial charge in [0.25, 0.3) is 11.8 Å². The van der Waals surface area contributed by atoms with E-state index in [2.05, 4.69) is 0 Å². The highest BCUT2D eigenvalue weighted by Gasteiger charge is 2.24. The maximum absolute atomic E-state index is 12.1. The van der Waals surface area contributed by atoms with Crippen LogP contribution >= 0.6 is 0 Å². The standard InChI is InChI=1S/C17H19NO4/c1-11-7-8-22-18(17(11)20)16(19)6-5-14-9-12(2)13(3)15(10-14)21-4/h5-7,9-10H,8H2,1-4H3/b6-5+. The average molecular weight is 301 g/mol. The SMILES string of the molecule is COc1cc(/C=C/C(=O)N2OCC=C(C)C2=O)cc(C)c1C. The number of nitrogens with zero attached hydrogens (tertiary/aromatic N) is 1. The van der Waals surface area contributed by atoms with E-state index in [0.717, 1.165) is 27.5 Å². The van der Waals surface area contributed by atoms with Crippen molar-refractivity contribution in [3.63, 3.8) is 0 Å². The molecule has 0 N–H and O–H groups in total. The molecule has 0 bridgehead atoms. The third-order valence-electron chi connectivity index (χ3n) is 3.60. The van der Waals surface area contributed by atoms with Crippen LogP contribution in [0.15, 0.2) is 29.9 Å². The van der Waals surface area contributed by atoms with Crippen LogP contribution in [-0.2, 0) is 14.4 Å². The maximum atomic E-state index is 12.1. The number of carbonyl (C=O) groups excluding carboxylic acids is 2. The number of rotatable bonds is 3. The Balaban J connectivity index is 2.18. The van der Waals surface area contributed by atoms with E-state index in [4.69, 9.17) is 9.57 Å². The van der Waals surface area contributed by atoms with Gasteiger partial charge >= 0.3 is 0 Å². The summed E-state index contributed by atoms with van der Waals surface area (Å²) in [5.74, 6) is -0.176. The fourth-order valence-electron chi connectivity index (χ4n) is 2.10. The lowest BCUT2D eigenvalue weighted by molar-refractivity contribution is -0.188. The van der Waals surface area contributed by atoms with E-state index in [9.17, 15) is 9.59 Å². The Hall–Kier alpha value is -2.40. The molecule has 0 aliphatic carbocycles. The minimum absolute atomic E-state index is 0.217. The molecule has 0 unspecified atom stereocenters. The van der Waals surface area contributed by atoms with E-state index in [0.29, 0.717) is 5.57 Å². The van der Waals surface area contributed by atoms with Crippen LogP contribution in [0.25, 0.3) is 6.08 Å². The highest BCUT2D eigenvalue weighted by molar-refractivity contribution is 6.07. The first kappa shape index (κ1) is 16.0. The molecule has 0 fully saturated rings. The summed E-state index contributed by atoms with van der Waals surface area (Å²) in [4.78, 5) is 29.0. The number of imide groups is 1. The van der Waals surface area contributed by atoms with E-state index in [1.54, 1.807) is 26.2 Å². The van der Waals surface area contributed by atoms with Gasteiger partial charge in [-0.3, -0.25) is 14.4 Å². The van der Waals surface area contributed by atoms with Gasteiger partial charge < -0.3 is 4.74 Å². The van der Waals surface area contributed by atoms with Crippen molar-refractivity contribution in [1.29, 1.82) is 0 Å². The quantitative estimate of drug-likeness (QED) is 0.805. The van der Waals surface area contributed by atoms with Crippen molar-refractivity contribution in [2.24, 2.45) is 0 Å². The molecule has 2 amide bonds. The summed E-state index contributed by atoms with van der Waals surface area (Å²) in [6.45, 7) is 5.82. The molecule has 0 saturated heterocycles. The van der Waals surface area contributed by atoms with Crippen molar-refractivity contribution in [1.82, 2.24) is 5.06 Å². The van der Waals surface area contributed by atoms with Crippen LogP contribution in [0.5, 0.6) is 5.75 Å². The summed E-state index contributed by atoms with van der Waals surface area (Å²) in [5, 5.41) is 0.782. The van der Waals surface area contributed by atoms with Crippen LogP contribution < -0.4 is 4.74 Å². The number of aryl methyl sites for hydroxylation is 1. The fraction of sp³-hybridized carbons (Fsp3) is 0.294. The molecular formula is C17H19NO4. The smallest absolute Gasteiger partial charge is 0.280 e. The van der Waals surface area contributed by atoms with E-state index in [1.165, 1.54) is 6.08 Å². The molecule has 2 rings (SSSR count). The van der Waals surface area contributed by atoms with Crippen LogP contribution in [0.4, 0.5) is 0 Å². The van der Waals surface area contributed by atoms with Crippen molar-refractivity contribution in [3.05, 3.63) is 46.5 Å². The Kier molecular flexibility index (Phi) is 4.78. The van der Waals surface area contributed by atoms with Crippen molar-refractivity contribution in [2.45, 2.75) is 20.8 Å². The van der Waals surface area contributed by atoms with Gasteiger partial charge in [-0.2, -0.15) is 0 Å². The van der Waals surface area contributed by atoms with Crippen LogP contribution in [0, 0.1) is 13.8 Å². The highest BCUT2D eigenvalue weighted by Crippen LogP contribution is 2.24. The molecule has 1 aliphatic rings. The summed E-state index contributed by atoms with van der Waals surface area (Å²) in [5.41, 5.74) is 3.45. The molecule has 1 aromatic carbocycles. The molecule has 1 aromatic rings. The van der Waals surface area contributed by atoms with Crippen molar-refractivity contribution in [2.75, 3.05) is 13.7 Å². The topological polar surface area (TPSA) is 55.8 Å². The molecule has 116 valence electrons. The second-order valence-corrected chi connectivity index (χ2v) is 5.12. The van der Waals surface area contributed by atoms with Crippen molar-refractivity contribution < 1.29 is 19.2 Å². The molecule has 5 heteroatoms. The third kappa shape index (κ3) is 3.26. The minimum atomic E-state index is -0.505. The predicted octanol–water partition coefficient (Wildman–Crippen LogP) is 2.57. The molecule has 0 radical (unpaired) electrons. The third-order valence-corrected chi connectivity index (χ3v) is 3.60. The Morgan fingerprint density at radius 3 is 2.73 bits per heavy atom. The van der Waals surface area contributed by atoms with E-state index >= 15 is 0 Å². The minimum Gasteiger partial charge on any atom is -0.496 e. The molecule has 0 aromatic heterocycles. The van der Waals surface area contributed by atoms with Crippen LogP contribution in [0.1, 0.15) is 23.6 Å². The molecule has 0 saturated carbocycles. The van der Waals surface area contributed by atoms with Crippen LogP contribution in [0.2, 0.25) is 0 Å². The lowest BCUT2D eigenvalue weighted by Crippen LogP contribution is -2.39. The number of amides is 2. The molecule has 0 spiro atoms. The fourth-order valence-corrected chi connectivity index (χ4v) is 2.10. The first-order valence-corrected chi connectivity index (χ1v) is 6.95. The van der Waals surface area contributed by atoms with E-state index in [-0.39, 0.29) is 6.61 Å². The van der Waals surface area contributed by atoms with Gasteiger partial charge in [-0.1, -0.05) is 6.07 Å². The van der Waals surface area contributed by atoms with Gasteiger partial charge in [-0.05, 0) is 55.7 Å². The van der Waals surface area contributed by atoms with Gasteiger partial charge in [0.1, 0.15) is 5.75 Å². The lowest BCUT2D eigenvalue weighted by Gasteiger charge is -2.21. The van der Waals surface area contributed by atoms with Crippen molar-refractivity contribution in [3.8, 4) is 5.75 Å². The molecule has 0 atom stereocenters. The largest absolute Gasteiger partial charge is 0.496 e. The monoisotopic (exact) mass is 301 g/mol. The number of carbonyl (C=O) groups is 2. The Morgan fingerprint density at radius 1 is 1.32 bits per heavy atom. The van der Waals surface area contributed by atoms with E-state index < -0.39 is 11.8 Å². The Bertz CT molecular complexity index is 673. The average Bonchev–Trinajstić information content (AvgIpc) is 2.50. The number of methoxy groups -OCH3 is 1. The first-order valence-electron chi connectivity index (χ1n) is 6.95. The van der Waals surface area contributed by atoms with Gasteiger partial charge in [0.15, 0.2) is 0 Å². The molecular weight excluding hydrogens is 282 g/mol. The summed E-state index contributed by atoms with van der Waals surface area (Å²) < 4.78 is 5.31. The Labute approximate surface area is 129 Å². The summed E-state index contributed by atoms with van der Waals surface area (Å²) >= 11 is 0. The van der Waals surface area contributed by atoms with Gasteiger partial charge in [0, 0.05) is 11.6 Å². The van der Waals surface area contributed by atoms with Gasteiger partial charge in [0.05, 0.1) is 13.7 Å². The maximum Gasteiger partial charge on any atom is 0.280 e. The molecule has 1 heterocycles. The van der Waals surface area contributed by atoms with Crippen molar-refractivity contribution >= 4 is 17.9 Å². The zero-order valence-corrected chi connectivity index (χ0v) is 13.2. The molecule has 5 nitrogen and oxygen atoms in total. The summed E-state index contributed by atoms with van der Waals surface area (Å²) in [6.07, 6.45) is 4.60. The summed E-state index contributed by atoms with van der Waals surface area (Å²) in [6, 6.07) is 3.79. The van der Waals surface area contributed by atoms with Gasteiger partial charge in [0.2, 0.25) is 0 Å². The van der Waals surface area contributed by atoms with Gasteiger partial charge in [-0.25, -0.2) is 0 Å². The molecule has 1 aliphatic heterocycles. The number of ether oxygens (including phenoxy) is 1. The van der Waals surface area contributed by atoms with E-state index in [1.807, 2.05) is 26.0 Å². The van der Waals surface area contributed by atoms with Gasteiger partial charge in [-0.15, -0.1) is 5.06 Å². The number of hydrogen-bond donors (Lipinski definition) is 0. The zero-order valence-electron chi connectivity index (χ0n) is 13.2. The number of benzene rings is 1. The van der Waals surface area contributed by atoms with Crippen LogP contribution in [-0.4, -0.2) is 30.6 Å². The number of hydroxylamine groups is 2. The normalized spacial score (nSPS) is 15.2. The second-order valence-electron chi connectivity index (χ2n) is 5.12. The first-order chi connectivity index (χ1) is 10.4. The summed E-state index contributed by atoms with van der Waals surface area (Å²) in [7, 11) is 1.61. The second kappa shape index (κ2) is 6.58. The lowest BCUT2D eigenvalue weighted by atomic mass is 10.0. The zero-order chi connectivity index (χ0) is 16.3. The Morgan fingerprint density at radius 2 is 2.05 bits per heavy atom. The van der Waals surface area contributed by atoms with Crippen LogP contribution in [0.3, 0.4) is 0 Å². The predicted molar refractivity (Wildman–Crippen MR) is 83.1 cm³/mol. The molecule has 22 heavy (non-hydrogen) atoms. The number of hydrogen-bond acceptors (Lipinski definition) is 4. The highest BCUT2D eigenvalue weighted by atomic mass is 16.7.